The fourth-order valence-electron chi connectivity index (χ4n) is 2.47. The summed E-state index contributed by atoms with van der Waals surface area (Å²) in [7, 11) is 0. The van der Waals surface area contributed by atoms with Gasteiger partial charge in [-0.05, 0) is 39.0 Å². The molecule has 2 rings (SSSR count). The van der Waals surface area contributed by atoms with Crippen LogP contribution in [0, 0.1) is 32.1 Å². The van der Waals surface area contributed by atoms with Gasteiger partial charge < -0.3 is 4.74 Å². The van der Waals surface area contributed by atoms with Gasteiger partial charge in [0, 0.05) is 28.9 Å². The van der Waals surface area contributed by atoms with Crippen LogP contribution in [-0.2, 0) is 20.7 Å². The van der Waals surface area contributed by atoms with Crippen LogP contribution in [0.4, 0.5) is 0 Å². The maximum Gasteiger partial charge on any atom is 0.306 e. The van der Waals surface area contributed by atoms with Gasteiger partial charge in [0.2, 0.25) is 0 Å². The van der Waals surface area contributed by atoms with Gasteiger partial charge in [-0.25, -0.2) is 15.0 Å². The molecule has 2 aromatic heterocycles. The average Bonchev–Trinajstić information content (AvgIpc) is 3.05. The molecule has 0 N–H and O–H groups in total. The van der Waals surface area contributed by atoms with Crippen LogP contribution < -0.4 is 0 Å². The molecular formula is C18H20N4O3S2. The van der Waals surface area contributed by atoms with Gasteiger partial charge >= 0.3 is 5.97 Å². The van der Waals surface area contributed by atoms with Gasteiger partial charge in [-0.15, -0.1) is 11.3 Å². The number of nitriles is 1. The number of Topliss-reactive ketones (excluding diaryl/α,β-unsaturated/α-hetero) is 1. The highest BCUT2D eigenvalue weighted by Gasteiger charge is 2.24. The quantitative estimate of drug-likeness (QED) is 0.376. The lowest BCUT2D eigenvalue weighted by Crippen LogP contribution is -2.20. The van der Waals surface area contributed by atoms with Crippen LogP contribution in [0.25, 0.3) is 0 Å². The first-order valence-electron chi connectivity index (χ1n) is 8.23. The van der Waals surface area contributed by atoms with E-state index in [1.165, 1.54) is 23.1 Å². The van der Waals surface area contributed by atoms with E-state index < -0.39 is 24.3 Å². The van der Waals surface area contributed by atoms with Crippen LogP contribution in [0.15, 0.2) is 10.5 Å². The number of thioether (sulfide) groups is 1. The van der Waals surface area contributed by atoms with E-state index in [0.29, 0.717) is 16.6 Å². The molecule has 142 valence electrons. The van der Waals surface area contributed by atoms with Crippen LogP contribution in [0.3, 0.4) is 0 Å². The molecule has 0 unspecified atom stereocenters. The highest BCUT2D eigenvalue weighted by atomic mass is 32.2. The number of carbonyl (C=O) groups is 2. The summed E-state index contributed by atoms with van der Waals surface area (Å²) >= 11 is 2.71. The fraction of sp³-hybridized carbons (Fsp3) is 0.444. The largest absolute Gasteiger partial charge is 0.458 e. The van der Waals surface area contributed by atoms with Crippen molar-refractivity contribution in [3.8, 4) is 6.07 Å². The molecular weight excluding hydrogens is 384 g/mol. The number of esters is 1. The molecule has 0 aliphatic heterocycles. The number of hydrogen-bond acceptors (Lipinski definition) is 9. The highest BCUT2D eigenvalue weighted by Crippen LogP contribution is 2.21. The van der Waals surface area contributed by atoms with Crippen molar-refractivity contribution in [3.63, 3.8) is 0 Å². The molecule has 2 heterocycles. The molecule has 0 aromatic carbocycles. The molecule has 0 radical (unpaired) electrons. The zero-order chi connectivity index (χ0) is 20.0. The van der Waals surface area contributed by atoms with Crippen molar-refractivity contribution in [2.24, 2.45) is 0 Å². The molecule has 0 fully saturated rings. The number of thiazole rings is 1. The van der Waals surface area contributed by atoms with Crippen LogP contribution in [-0.4, -0.2) is 39.6 Å². The monoisotopic (exact) mass is 404 g/mol. The molecule has 0 saturated carbocycles. The average molecular weight is 405 g/mol. The predicted octanol–water partition coefficient (Wildman–Crippen LogP) is 2.93. The zero-order valence-electron chi connectivity index (χ0n) is 15.6. The summed E-state index contributed by atoms with van der Waals surface area (Å²) in [5.74, 6) is -1.98. The van der Waals surface area contributed by atoms with Crippen LogP contribution in [0.2, 0.25) is 0 Å². The van der Waals surface area contributed by atoms with E-state index in [-0.39, 0.29) is 6.42 Å². The molecule has 2 aromatic rings. The first-order valence-corrected chi connectivity index (χ1v) is 10.3. The van der Waals surface area contributed by atoms with Gasteiger partial charge in [-0.1, -0.05) is 11.8 Å². The molecule has 7 nitrogen and oxygen atoms in total. The third-order valence-corrected chi connectivity index (χ3v) is 5.45. The zero-order valence-corrected chi connectivity index (χ0v) is 17.2. The predicted molar refractivity (Wildman–Crippen MR) is 103 cm³/mol. The molecule has 9 heteroatoms. The Labute approximate surface area is 166 Å². The Kier molecular flexibility index (Phi) is 7.45. The van der Waals surface area contributed by atoms with Crippen LogP contribution in [0.5, 0.6) is 0 Å². The van der Waals surface area contributed by atoms with E-state index in [1.54, 1.807) is 12.3 Å². The summed E-state index contributed by atoms with van der Waals surface area (Å²) < 4.78 is 5.05. The van der Waals surface area contributed by atoms with E-state index in [0.717, 1.165) is 22.6 Å². The minimum absolute atomic E-state index is 0.116. The minimum Gasteiger partial charge on any atom is -0.458 e. The van der Waals surface area contributed by atoms with Gasteiger partial charge in [0.1, 0.15) is 5.01 Å². The van der Waals surface area contributed by atoms with Crippen LogP contribution >= 0.6 is 23.1 Å². The number of aryl methyl sites for hydroxylation is 3. The number of ether oxygens (including phenoxy) is 1. The molecule has 0 aliphatic rings. The lowest BCUT2D eigenvalue weighted by atomic mass is 10.1. The lowest BCUT2D eigenvalue weighted by molar-refractivity contribution is -0.148. The second-order valence-electron chi connectivity index (χ2n) is 5.88. The number of hydrogen-bond donors (Lipinski definition) is 0. The minimum atomic E-state index is -1.01. The Morgan fingerprint density at radius 2 is 1.93 bits per heavy atom. The van der Waals surface area contributed by atoms with Crippen molar-refractivity contribution in [2.45, 2.75) is 44.7 Å². The summed E-state index contributed by atoms with van der Waals surface area (Å²) in [6.45, 7) is 5.12. The number of ketones is 1. The standard InChI is InChI=1S/C18H20N4O3S2/c1-10-9-27-17(20-10)14(7-19)15(23)8-25-16(24)6-5-13-11(2)21-18(26-4)22-12(13)3/h9,14H,5-6,8H2,1-4H3/t14-/m1/s1. The van der Waals surface area contributed by atoms with Crippen molar-refractivity contribution in [1.29, 1.82) is 5.26 Å². The summed E-state index contributed by atoms with van der Waals surface area (Å²) in [5.41, 5.74) is 3.32. The first kappa shape index (κ1) is 21.0. The highest BCUT2D eigenvalue weighted by molar-refractivity contribution is 7.98. The summed E-state index contributed by atoms with van der Waals surface area (Å²) in [4.78, 5) is 37.1. The van der Waals surface area contributed by atoms with Gasteiger partial charge in [-0.3, -0.25) is 9.59 Å². The topological polar surface area (TPSA) is 106 Å². The summed E-state index contributed by atoms with van der Waals surface area (Å²) in [6.07, 6.45) is 2.46. The molecule has 0 aliphatic carbocycles. The van der Waals surface area contributed by atoms with Crippen molar-refractivity contribution in [2.75, 3.05) is 12.9 Å². The molecule has 1 atom stereocenters. The molecule has 0 spiro atoms. The van der Waals surface area contributed by atoms with Crippen molar-refractivity contribution in [3.05, 3.63) is 33.0 Å². The van der Waals surface area contributed by atoms with Crippen molar-refractivity contribution < 1.29 is 14.3 Å². The number of carbonyl (C=O) groups excluding carboxylic acids is 2. The Morgan fingerprint density at radius 3 is 2.44 bits per heavy atom. The van der Waals surface area contributed by atoms with Crippen molar-refractivity contribution in [1.82, 2.24) is 15.0 Å². The number of aromatic nitrogens is 3. The van der Waals surface area contributed by atoms with Crippen molar-refractivity contribution >= 4 is 34.9 Å². The normalized spacial score (nSPS) is 11.7. The SMILES string of the molecule is CSc1nc(C)c(CCC(=O)OCC(=O)[C@@H](C#N)c2nc(C)cs2)c(C)n1. The first-order chi connectivity index (χ1) is 12.8. The van der Waals surface area contributed by atoms with E-state index in [4.69, 9.17) is 4.74 Å². The maximum atomic E-state index is 12.2. The van der Waals surface area contributed by atoms with Gasteiger partial charge in [0.05, 0.1) is 6.07 Å². The maximum absolute atomic E-state index is 12.2. The third kappa shape index (κ3) is 5.58. The van der Waals surface area contributed by atoms with E-state index >= 15 is 0 Å². The Morgan fingerprint density at radius 1 is 1.26 bits per heavy atom. The van der Waals surface area contributed by atoms with Gasteiger partial charge in [0.15, 0.2) is 23.5 Å². The van der Waals surface area contributed by atoms with Gasteiger partial charge in [0.25, 0.3) is 0 Å². The molecule has 0 bridgehead atoms. The Hall–Kier alpha value is -2.31. The third-order valence-electron chi connectivity index (χ3n) is 3.87. The summed E-state index contributed by atoms with van der Waals surface area (Å²) in [6, 6.07) is 1.93. The van der Waals surface area contributed by atoms with E-state index in [1.807, 2.05) is 26.2 Å². The second kappa shape index (κ2) is 9.58. The van der Waals surface area contributed by atoms with Gasteiger partial charge in [-0.2, -0.15) is 5.26 Å². The summed E-state index contributed by atoms with van der Waals surface area (Å²) in [5, 5.41) is 12.1. The lowest BCUT2D eigenvalue weighted by Gasteiger charge is -2.10. The van der Waals surface area contributed by atoms with E-state index in [9.17, 15) is 14.9 Å². The molecule has 0 saturated heterocycles. The molecule has 0 amide bonds. The fourth-order valence-corrected chi connectivity index (χ4v) is 3.78. The second-order valence-corrected chi connectivity index (χ2v) is 7.54. The Balaban J connectivity index is 1.89. The number of rotatable bonds is 8. The van der Waals surface area contributed by atoms with E-state index in [2.05, 4.69) is 15.0 Å². The smallest absolute Gasteiger partial charge is 0.306 e. The molecule has 27 heavy (non-hydrogen) atoms. The Bertz CT molecular complexity index is 866. The number of nitrogens with zero attached hydrogens (tertiary/aromatic N) is 4. The van der Waals surface area contributed by atoms with Crippen LogP contribution in [0.1, 0.15) is 40.0 Å².